The summed E-state index contributed by atoms with van der Waals surface area (Å²) in [5.74, 6) is 1.11. The van der Waals surface area contributed by atoms with E-state index < -0.39 is 5.60 Å². The molecule has 0 heterocycles. The van der Waals surface area contributed by atoms with Crippen LogP contribution in [0.2, 0.25) is 0 Å². The van der Waals surface area contributed by atoms with Gasteiger partial charge in [0.05, 0.1) is 11.7 Å². The zero-order valence-corrected chi connectivity index (χ0v) is 11.5. The molecule has 0 amide bonds. The lowest BCUT2D eigenvalue weighted by Gasteiger charge is -2.40. The van der Waals surface area contributed by atoms with Gasteiger partial charge < -0.3 is 10.2 Å². The van der Waals surface area contributed by atoms with Crippen LogP contribution in [0.25, 0.3) is 0 Å². The minimum Gasteiger partial charge on any atom is -0.393 e. The lowest BCUT2D eigenvalue weighted by atomic mass is 9.70. The molecule has 3 rings (SSSR count). The third kappa shape index (κ3) is 1.46. The van der Waals surface area contributed by atoms with Gasteiger partial charge in [-0.25, -0.2) is 0 Å². The Morgan fingerprint density at radius 1 is 1.12 bits per heavy atom. The lowest BCUT2D eigenvalue weighted by molar-refractivity contribution is -0.0836. The summed E-state index contributed by atoms with van der Waals surface area (Å²) in [6, 6.07) is 0. The molecule has 0 aromatic carbocycles. The van der Waals surface area contributed by atoms with Crippen molar-refractivity contribution >= 4 is 0 Å². The van der Waals surface area contributed by atoms with Gasteiger partial charge in [0, 0.05) is 5.92 Å². The second-order valence-electron chi connectivity index (χ2n) is 8.09. The zero-order chi connectivity index (χ0) is 12.6. The number of fused-ring (bicyclic) bond motifs is 3. The molecular weight excluding hydrogens is 212 g/mol. The number of hydrogen-bond acceptors (Lipinski definition) is 2. The van der Waals surface area contributed by atoms with E-state index in [-0.39, 0.29) is 17.4 Å². The molecule has 0 bridgehead atoms. The Bertz CT molecular complexity index is 351. The van der Waals surface area contributed by atoms with Crippen LogP contribution in [-0.4, -0.2) is 21.9 Å². The van der Waals surface area contributed by atoms with E-state index in [0.717, 1.165) is 18.8 Å². The molecule has 3 aliphatic carbocycles. The maximum Gasteiger partial charge on any atom is 0.0737 e. The average molecular weight is 238 g/mol. The summed E-state index contributed by atoms with van der Waals surface area (Å²) in [5.41, 5.74) is -0.124. The van der Waals surface area contributed by atoms with Crippen LogP contribution < -0.4 is 0 Å². The smallest absolute Gasteiger partial charge is 0.0737 e. The first-order valence-corrected chi connectivity index (χ1v) is 7.09. The Kier molecular flexibility index (Phi) is 2.17. The van der Waals surface area contributed by atoms with Gasteiger partial charge in [-0.1, -0.05) is 27.7 Å². The quantitative estimate of drug-likeness (QED) is 0.681. The molecule has 3 fully saturated rings. The Balaban J connectivity index is 2.03. The van der Waals surface area contributed by atoms with Gasteiger partial charge in [-0.3, -0.25) is 0 Å². The van der Waals surface area contributed by atoms with Crippen LogP contribution in [-0.2, 0) is 0 Å². The summed E-state index contributed by atoms with van der Waals surface area (Å²) >= 11 is 0. The summed E-state index contributed by atoms with van der Waals surface area (Å²) in [6.45, 7) is 8.93. The van der Waals surface area contributed by atoms with Crippen molar-refractivity contribution in [2.75, 3.05) is 0 Å². The predicted octanol–water partition coefficient (Wildman–Crippen LogP) is 2.58. The largest absolute Gasteiger partial charge is 0.393 e. The van der Waals surface area contributed by atoms with Gasteiger partial charge in [-0.2, -0.15) is 0 Å². The SMILES string of the molecule is C[C@H]1C(O)C[C@H]2[C@]3(C)C[C@@H]3CC(C)(C)C[C@@]12O. The fourth-order valence-electron chi connectivity index (χ4n) is 5.13. The highest BCUT2D eigenvalue weighted by Crippen LogP contribution is 2.71. The van der Waals surface area contributed by atoms with E-state index >= 15 is 0 Å². The molecule has 2 N–H and O–H groups in total. The molecule has 0 spiro atoms. The summed E-state index contributed by atoms with van der Waals surface area (Å²) in [7, 11) is 0. The van der Waals surface area contributed by atoms with E-state index in [0.29, 0.717) is 11.3 Å². The van der Waals surface area contributed by atoms with Crippen molar-refractivity contribution in [2.45, 2.75) is 65.1 Å². The molecule has 3 aliphatic rings. The molecule has 2 heteroatoms. The lowest BCUT2D eigenvalue weighted by Crippen LogP contribution is -2.45. The molecule has 98 valence electrons. The van der Waals surface area contributed by atoms with Crippen molar-refractivity contribution in [3.05, 3.63) is 0 Å². The van der Waals surface area contributed by atoms with E-state index in [1.54, 1.807) is 0 Å². The molecule has 0 aromatic heterocycles. The first-order chi connectivity index (χ1) is 7.69. The average Bonchev–Trinajstić information content (AvgIpc) is 2.75. The summed E-state index contributed by atoms with van der Waals surface area (Å²) in [4.78, 5) is 0. The van der Waals surface area contributed by atoms with Crippen LogP contribution in [0.1, 0.15) is 53.4 Å². The van der Waals surface area contributed by atoms with Crippen LogP contribution in [0.15, 0.2) is 0 Å². The molecule has 3 saturated carbocycles. The van der Waals surface area contributed by atoms with E-state index in [2.05, 4.69) is 20.8 Å². The molecule has 2 nitrogen and oxygen atoms in total. The minimum atomic E-state index is -0.636. The second kappa shape index (κ2) is 3.08. The van der Waals surface area contributed by atoms with Crippen molar-refractivity contribution in [3.63, 3.8) is 0 Å². The summed E-state index contributed by atoms with van der Waals surface area (Å²) in [5, 5.41) is 21.3. The predicted molar refractivity (Wildman–Crippen MR) is 67.5 cm³/mol. The minimum absolute atomic E-state index is 0.0305. The van der Waals surface area contributed by atoms with Crippen molar-refractivity contribution in [2.24, 2.45) is 28.6 Å². The zero-order valence-electron chi connectivity index (χ0n) is 11.5. The van der Waals surface area contributed by atoms with E-state index in [9.17, 15) is 10.2 Å². The van der Waals surface area contributed by atoms with Crippen LogP contribution in [0.5, 0.6) is 0 Å². The van der Waals surface area contributed by atoms with Crippen molar-refractivity contribution in [1.29, 1.82) is 0 Å². The second-order valence-corrected chi connectivity index (χ2v) is 8.09. The molecule has 1 unspecified atom stereocenters. The summed E-state index contributed by atoms with van der Waals surface area (Å²) in [6.07, 6.45) is 3.85. The first kappa shape index (κ1) is 12.0. The Hall–Kier alpha value is -0.0800. The third-order valence-corrected chi connectivity index (χ3v) is 6.26. The summed E-state index contributed by atoms with van der Waals surface area (Å²) < 4.78 is 0. The van der Waals surface area contributed by atoms with Crippen LogP contribution in [0, 0.1) is 28.6 Å². The van der Waals surface area contributed by atoms with E-state index in [1.807, 2.05) is 6.92 Å². The Morgan fingerprint density at radius 3 is 2.41 bits per heavy atom. The van der Waals surface area contributed by atoms with Gasteiger partial charge >= 0.3 is 0 Å². The fraction of sp³-hybridized carbons (Fsp3) is 1.00. The first-order valence-electron chi connectivity index (χ1n) is 7.09. The number of hydrogen-bond donors (Lipinski definition) is 2. The highest BCUT2D eigenvalue weighted by Gasteiger charge is 2.68. The monoisotopic (exact) mass is 238 g/mol. The van der Waals surface area contributed by atoms with Gasteiger partial charge in [0.2, 0.25) is 0 Å². The van der Waals surface area contributed by atoms with Crippen molar-refractivity contribution in [1.82, 2.24) is 0 Å². The molecular formula is C15H26O2. The van der Waals surface area contributed by atoms with Gasteiger partial charge in [0.1, 0.15) is 0 Å². The fourth-order valence-corrected chi connectivity index (χ4v) is 5.13. The van der Waals surface area contributed by atoms with Crippen LogP contribution in [0.3, 0.4) is 0 Å². The maximum absolute atomic E-state index is 11.2. The number of aliphatic hydroxyl groups is 2. The molecule has 0 radical (unpaired) electrons. The third-order valence-electron chi connectivity index (χ3n) is 6.26. The molecule has 0 aromatic rings. The topological polar surface area (TPSA) is 40.5 Å². The highest BCUT2D eigenvalue weighted by molar-refractivity contribution is 5.18. The maximum atomic E-state index is 11.2. The molecule has 0 saturated heterocycles. The van der Waals surface area contributed by atoms with Crippen LogP contribution >= 0.6 is 0 Å². The van der Waals surface area contributed by atoms with Crippen LogP contribution in [0.4, 0.5) is 0 Å². The Morgan fingerprint density at radius 2 is 1.76 bits per heavy atom. The van der Waals surface area contributed by atoms with E-state index in [4.69, 9.17) is 0 Å². The van der Waals surface area contributed by atoms with Gasteiger partial charge in [0.25, 0.3) is 0 Å². The van der Waals surface area contributed by atoms with Gasteiger partial charge in [-0.05, 0) is 48.3 Å². The van der Waals surface area contributed by atoms with E-state index in [1.165, 1.54) is 12.8 Å². The molecule has 6 atom stereocenters. The van der Waals surface area contributed by atoms with Crippen molar-refractivity contribution < 1.29 is 10.2 Å². The Labute approximate surface area is 104 Å². The molecule has 17 heavy (non-hydrogen) atoms. The molecule has 0 aliphatic heterocycles. The number of aliphatic hydroxyl groups excluding tert-OH is 1. The standard InChI is InChI=1S/C15H26O2/c1-9-11(16)5-12-14(4)7-10(14)6-13(2,3)8-15(9,12)17/h9-12,16-17H,5-8H2,1-4H3/t9-,10-,11?,12-,14+,15+/m0/s1. The highest BCUT2D eigenvalue weighted by atomic mass is 16.3. The van der Waals surface area contributed by atoms with Crippen molar-refractivity contribution in [3.8, 4) is 0 Å². The van der Waals surface area contributed by atoms with Gasteiger partial charge in [-0.15, -0.1) is 0 Å². The van der Waals surface area contributed by atoms with Gasteiger partial charge in [0.15, 0.2) is 0 Å². The number of rotatable bonds is 0. The normalized spacial score (nSPS) is 60.4.